The summed E-state index contributed by atoms with van der Waals surface area (Å²) in [5.74, 6) is 2.38. The second-order valence-electron chi connectivity index (χ2n) is 20.1. The number of likely N-dealkylation sites (tertiary alicyclic amines) is 1. The summed E-state index contributed by atoms with van der Waals surface area (Å²) in [6.45, 7) is 23.9. The van der Waals surface area contributed by atoms with E-state index in [-0.39, 0.29) is 22.9 Å². The summed E-state index contributed by atoms with van der Waals surface area (Å²) >= 11 is 9.70. The number of pyridine rings is 3. The number of halogens is 1. The molecule has 2 saturated heterocycles. The third-order valence-electron chi connectivity index (χ3n) is 15.3. The van der Waals surface area contributed by atoms with Crippen LogP contribution in [0, 0.1) is 53.4 Å². The summed E-state index contributed by atoms with van der Waals surface area (Å²) in [7, 11) is 0. The number of aryl methyl sites for hydroxylation is 6. The molecule has 68 heavy (non-hydrogen) atoms. The van der Waals surface area contributed by atoms with E-state index in [0.717, 1.165) is 116 Å². The van der Waals surface area contributed by atoms with Gasteiger partial charge in [-0.3, -0.25) is 29.1 Å². The molecule has 364 valence electrons. The Morgan fingerprint density at radius 1 is 0.662 bits per heavy atom. The first-order chi connectivity index (χ1) is 32.6. The molecule has 4 aliphatic heterocycles. The number of nitrogens with one attached hydrogen (secondary N) is 3. The van der Waals surface area contributed by atoms with Crippen molar-refractivity contribution in [2.75, 3.05) is 39.3 Å². The number of carbonyl (C=O) groups is 2. The molecule has 2 atom stereocenters. The molecule has 4 aliphatic rings. The van der Waals surface area contributed by atoms with E-state index in [0.29, 0.717) is 66.0 Å². The maximum atomic E-state index is 13.8. The highest BCUT2D eigenvalue weighted by Crippen LogP contribution is 2.43. The van der Waals surface area contributed by atoms with Gasteiger partial charge in [0.25, 0.3) is 22.9 Å². The van der Waals surface area contributed by atoms with Gasteiger partial charge in [0.1, 0.15) is 0 Å². The van der Waals surface area contributed by atoms with Crippen molar-refractivity contribution in [1.82, 2.24) is 35.0 Å². The Balaban J connectivity index is 0.000000189. The van der Waals surface area contributed by atoms with Crippen molar-refractivity contribution in [3.05, 3.63) is 137 Å². The summed E-state index contributed by atoms with van der Waals surface area (Å²) in [6.07, 6.45) is 10.2. The highest BCUT2D eigenvalue weighted by atomic mass is 35.5. The number of aromatic amines is 2. The van der Waals surface area contributed by atoms with Crippen molar-refractivity contribution in [2.45, 2.75) is 138 Å². The van der Waals surface area contributed by atoms with E-state index in [4.69, 9.17) is 11.6 Å². The molecule has 0 bridgehead atoms. The second kappa shape index (κ2) is 21.7. The van der Waals surface area contributed by atoms with E-state index in [1.165, 1.54) is 37.9 Å². The molecule has 3 N–H and O–H groups in total. The number of aromatic nitrogens is 3. The van der Waals surface area contributed by atoms with E-state index < -0.39 is 0 Å². The first kappa shape index (κ1) is 50.0. The van der Waals surface area contributed by atoms with E-state index >= 15 is 0 Å². The van der Waals surface area contributed by atoms with Crippen molar-refractivity contribution < 1.29 is 9.59 Å². The summed E-state index contributed by atoms with van der Waals surface area (Å²) in [5, 5.41) is 4.13. The van der Waals surface area contributed by atoms with Crippen LogP contribution in [0.15, 0.2) is 40.1 Å². The summed E-state index contributed by atoms with van der Waals surface area (Å²) in [5.41, 5.74) is 10.0. The largest absolute Gasteiger partial charge is 0.334 e. The zero-order valence-corrected chi connectivity index (χ0v) is 43.7. The molecule has 9 rings (SSSR count). The van der Waals surface area contributed by atoms with Crippen LogP contribution < -0.4 is 16.4 Å². The molecule has 2 amide bonds. The van der Waals surface area contributed by atoms with Gasteiger partial charge < -0.3 is 25.1 Å². The van der Waals surface area contributed by atoms with Gasteiger partial charge in [0, 0.05) is 67.9 Å². The van der Waals surface area contributed by atoms with Crippen LogP contribution in [0.2, 0.25) is 5.02 Å². The monoisotopic (exact) mass is 979 g/mol. The van der Waals surface area contributed by atoms with Gasteiger partial charge in [0.15, 0.2) is 0 Å². The molecular weight excluding hydrogens is 910 g/mol. The van der Waals surface area contributed by atoms with Gasteiger partial charge in [0.2, 0.25) is 0 Å². The molecule has 5 aromatic rings. The molecule has 5 aromatic heterocycles. The van der Waals surface area contributed by atoms with Crippen LogP contribution >= 0.6 is 34.3 Å². The predicted octanol–water partition coefficient (Wildman–Crippen LogP) is 10.1. The van der Waals surface area contributed by atoms with Crippen molar-refractivity contribution >= 4 is 46.1 Å². The Morgan fingerprint density at radius 3 is 1.57 bits per heavy atom. The van der Waals surface area contributed by atoms with Crippen LogP contribution in [0.1, 0.15) is 155 Å². The van der Waals surface area contributed by atoms with Crippen LogP contribution in [0.4, 0.5) is 0 Å². The maximum Gasteiger partial charge on any atom is 0.255 e. The number of hydrogen-bond acceptors (Lipinski definition) is 9. The van der Waals surface area contributed by atoms with Crippen LogP contribution in [-0.2, 0) is 32.5 Å². The van der Waals surface area contributed by atoms with Gasteiger partial charge in [-0.2, -0.15) is 0 Å². The first-order valence-corrected chi connectivity index (χ1v) is 26.8. The average Bonchev–Trinajstić information content (AvgIpc) is 3.70. The molecule has 0 aromatic carbocycles. The van der Waals surface area contributed by atoms with Crippen LogP contribution in [0.5, 0.6) is 0 Å². The minimum atomic E-state index is -0.0886. The summed E-state index contributed by atoms with van der Waals surface area (Å²) in [6, 6.07) is 7.89. The molecule has 0 spiro atoms. The lowest BCUT2D eigenvalue weighted by Gasteiger charge is -2.34. The van der Waals surface area contributed by atoms with Gasteiger partial charge in [0.05, 0.1) is 34.9 Å². The quantitative estimate of drug-likeness (QED) is 0.127. The lowest BCUT2D eigenvalue weighted by Crippen LogP contribution is -2.35. The molecule has 0 aliphatic carbocycles. The molecule has 0 radical (unpaired) electrons. The van der Waals surface area contributed by atoms with Crippen LogP contribution in [0.3, 0.4) is 0 Å². The molecule has 2 fully saturated rings. The topological polar surface area (TPSA) is 134 Å². The molecule has 11 nitrogen and oxygen atoms in total. The Labute approximate surface area is 415 Å². The number of nitrogens with zero attached hydrogens (tertiary/aromatic N) is 4. The predicted molar refractivity (Wildman–Crippen MR) is 277 cm³/mol. The highest BCUT2D eigenvalue weighted by molar-refractivity contribution is 7.13. The number of amides is 2. The molecule has 14 heteroatoms. The fourth-order valence-corrected chi connectivity index (χ4v) is 14.4. The molecular formula is C54H70ClN7O4S2. The zero-order chi connectivity index (χ0) is 48.4. The first-order valence-electron chi connectivity index (χ1n) is 24.8. The highest BCUT2D eigenvalue weighted by Gasteiger charge is 2.35. The number of H-pyrrole nitrogens is 2. The second-order valence-corrected chi connectivity index (χ2v) is 22.8. The van der Waals surface area contributed by atoms with Crippen molar-refractivity contribution in [3.63, 3.8) is 0 Å². The minimum Gasteiger partial charge on any atom is -0.334 e. The third kappa shape index (κ3) is 11.0. The lowest BCUT2D eigenvalue weighted by molar-refractivity contribution is 0.0740. The molecule has 0 saturated carbocycles. The average molecular weight is 981 g/mol. The Hall–Kier alpha value is -4.40. The third-order valence-corrected chi connectivity index (χ3v) is 18.6. The van der Waals surface area contributed by atoms with Crippen molar-refractivity contribution in [1.29, 1.82) is 0 Å². The maximum absolute atomic E-state index is 13.8. The van der Waals surface area contributed by atoms with Gasteiger partial charge in [-0.15, -0.1) is 22.7 Å². The number of rotatable bonds is 10. The number of fused-ring (bicyclic) bond motifs is 2. The fourth-order valence-electron chi connectivity index (χ4n) is 11.3. The van der Waals surface area contributed by atoms with E-state index in [1.54, 1.807) is 6.20 Å². The SMILES string of the molecule is Cc1cc(C)c(CN2CCCc3sc([C@H](C)C4CCN(Cc5ccc(Cl)cn5)CC4)c(C)c3C2=O)c(=O)[nH]1.Cc1cc(C)c(CN2CCCc3sc([C@H](C)C4CCNCC4)c(C)c3C2=O)c(=O)[nH]1. The van der Waals surface area contributed by atoms with Gasteiger partial charge in [-0.1, -0.05) is 25.4 Å². The fraction of sp³-hybridized carbons (Fsp3) is 0.537. The van der Waals surface area contributed by atoms with Gasteiger partial charge in [-0.05, 0) is 189 Å². The molecule has 0 unspecified atom stereocenters. The number of hydrogen-bond donors (Lipinski definition) is 3. The van der Waals surface area contributed by atoms with Gasteiger partial charge in [-0.25, -0.2) is 0 Å². The lowest BCUT2D eigenvalue weighted by atomic mass is 9.83. The Kier molecular flexibility index (Phi) is 16.0. The summed E-state index contributed by atoms with van der Waals surface area (Å²) < 4.78 is 0. The number of carbonyl (C=O) groups excluding carboxylic acids is 2. The van der Waals surface area contributed by atoms with Crippen molar-refractivity contribution in [2.24, 2.45) is 11.8 Å². The summed E-state index contributed by atoms with van der Waals surface area (Å²) in [4.78, 5) is 74.2. The van der Waals surface area contributed by atoms with Crippen molar-refractivity contribution in [3.8, 4) is 0 Å². The van der Waals surface area contributed by atoms with E-state index in [1.807, 2.05) is 84.4 Å². The molecule has 9 heterocycles. The number of thiophene rings is 2. The van der Waals surface area contributed by atoms with E-state index in [2.05, 4.69) is 52.9 Å². The number of piperidine rings is 2. The van der Waals surface area contributed by atoms with E-state index in [9.17, 15) is 19.2 Å². The van der Waals surface area contributed by atoms with Crippen LogP contribution in [0.25, 0.3) is 0 Å². The standard InChI is InChI=1S/C30H37ClN4O2S.C24H33N3O2S/c1-18-14-19(2)33-29(36)25(18)17-35-11-5-6-26-27(30(35)37)21(4)28(38-26)20(3)22-9-12-34(13-10-22)16-24-8-7-23(31)15-32-24;1-14-12-15(2)26-23(28)19(14)13-27-11-5-6-20-21(24(27)29)17(4)22(30-20)16(3)18-7-9-25-10-8-18/h7-8,14-15,20,22H,5-6,9-13,16-17H2,1-4H3,(H,33,36);12,16,18,25H,5-11,13H2,1-4H3,(H,26,28)/t20-;16-/m11/s1. The van der Waals surface area contributed by atoms with Crippen LogP contribution in [-0.4, -0.2) is 80.7 Å². The Bertz CT molecular complexity index is 2740. The Morgan fingerprint density at radius 2 is 1.13 bits per heavy atom. The minimum absolute atomic E-state index is 0.0768. The normalized spacial score (nSPS) is 18.4. The smallest absolute Gasteiger partial charge is 0.255 e. The van der Waals surface area contributed by atoms with Gasteiger partial charge >= 0.3 is 0 Å². The zero-order valence-electron chi connectivity index (χ0n) is 41.3.